The second kappa shape index (κ2) is 6.03. The minimum Gasteiger partial charge on any atom is -0.207 e. The highest BCUT2D eigenvalue weighted by molar-refractivity contribution is 9.10. The first kappa shape index (κ1) is 13.2. The average molecular weight is 303 g/mol. The van der Waals surface area contributed by atoms with Crippen LogP contribution >= 0.6 is 27.5 Å². The third kappa shape index (κ3) is 3.33. The number of rotatable bonds is 3. The van der Waals surface area contributed by atoms with Crippen molar-refractivity contribution in [2.75, 3.05) is 0 Å². The van der Waals surface area contributed by atoms with Gasteiger partial charge in [0.2, 0.25) is 0 Å². The van der Waals surface area contributed by atoms with Crippen molar-refractivity contribution in [2.24, 2.45) is 0 Å². The molecule has 84 valence electrons. The van der Waals surface area contributed by atoms with E-state index in [2.05, 4.69) is 22.0 Å². The zero-order valence-electron chi connectivity index (χ0n) is 8.73. The summed E-state index contributed by atoms with van der Waals surface area (Å²) in [7, 11) is 0. The molecular weight excluding hydrogens is 292 g/mol. The van der Waals surface area contributed by atoms with Gasteiger partial charge in [0.15, 0.2) is 0 Å². The Morgan fingerprint density at radius 3 is 2.69 bits per heavy atom. The van der Waals surface area contributed by atoms with Gasteiger partial charge in [-0.15, -0.1) is 0 Å². The molecule has 0 aromatic heterocycles. The lowest BCUT2D eigenvalue weighted by atomic mass is 10.1. The third-order valence-electron chi connectivity index (χ3n) is 2.02. The molecule has 0 saturated heterocycles. The molecule has 1 rings (SSSR count). The Bertz CT molecular complexity index is 442. The number of benzene rings is 1. The molecule has 0 unspecified atom stereocenters. The van der Waals surface area contributed by atoms with E-state index in [1.165, 1.54) is 12.1 Å². The van der Waals surface area contributed by atoms with Crippen molar-refractivity contribution in [2.45, 2.75) is 19.8 Å². The van der Waals surface area contributed by atoms with Gasteiger partial charge < -0.3 is 0 Å². The molecule has 1 aromatic rings. The SMILES string of the molecule is CCCC(C#N)=C(Cl)c1cc(F)cc(Br)c1. The Hall–Kier alpha value is -0.850. The molecule has 1 aromatic carbocycles. The fourth-order valence-corrected chi connectivity index (χ4v) is 2.03. The zero-order valence-corrected chi connectivity index (χ0v) is 11.1. The highest BCUT2D eigenvalue weighted by Gasteiger charge is 2.08. The molecule has 0 amide bonds. The summed E-state index contributed by atoms with van der Waals surface area (Å²) in [5.74, 6) is -0.378. The Labute approximate surface area is 108 Å². The molecule has 0 saturated carbocycles. The molecule has 0 aliphatic rings. The fourth-order valence-electron chi connectivity index (χ4n) is 1.32. The molecule has 0 bridgehead atoms. The molecule has 0 fully saturated rings. The van der Waals surface area contributed by atoms with Crippen LogP contribution in [0.25, 0.3) is 5.03 Å². The van der Waals surface area contributed by atoms with E-state index in [1.54, 1.807) is 6.07 Å². The number of nitriles is 1. The molecule has 0 heterocycles. The number of halogens is 3. The summed E-state index contributed by atoms with van der Waals surface area (Å²) in [6, 6.07) is 6.41. The van der Waals surface area contributed by atoms with E-state index < -0.39 is 0 Å². The van der Waals surface area contributed by atoms with Crippen LogP contribution in [0, 0.1) is 17.1 Å². The second-order valence-electron chi connectivity index (χ2n) is 3.31. The monoisotopic (exact) mass is 301 g/mol. The van der Waals surface area contributed by atoms with E-state index in [0.717, 1.165) is 6.42 Å². The minimum absolute atomic E-state index is 0.324. The van der Waals surface area contributed by atoms with Crippen molar-refractivity contribution in [3.05, 3.63) is 39.6 Å². The van der Waals surface area contributed by atoms with E-state index in [4.69, 9.17) is 16.9 Å². The van der Waals surface area contributed by atoms with Crippen LogP contribution < -0.4 is 0 Å². The van der Waals surface area contributed by atoms with Gasteiger partial charge in [-0.25, -0.2) is 4.39 Å². The number of nitrogens with zero attached hydrogens (tertiary/aromatic N) is 1. The summed E-state index contributed by atoms with van der Waals surface area (Å²) in [5, 5.41) is 9.25. The van der Waals surface area contributed by atoms with Gasteiger partial charge in [0.1, 0.15) is 5.82 Å². The largest absolute Gasteiger partial charge is 0.207 e. The van der Waals surface area contributed by atoms with E-state index in [1.807, 2.05) is 6.92 Å². The van der Waals surface area contributed by atoms with E-state index in [0.29, 0.717) is 27.1 Å². The summed E-state index contributed by atoms with van der Waals surface area (Å²) in [6.07, 6.45) is 1.43. The fraction of sp³-hybridized carbons (Fsp3) is 0.250. The van der Waals surface area contributed by atoms with Crippen LogP contribution in [0.2, 0.25) is 0 Å². The van der Waals surface area contributed by atoms with Crippen LogP contribution in [0.5, 0.6) is 0 Å². The van der Waals surface area contributed by atoms with Gasteiger partial charge in [0.25, 0.3) is 0 Å². The van der Waals surface area contributed by atoms with Crippen LogP contribution in [0.15, 0.2) is 28.2 Å². The van der Waals surface area contributed by atoms with E-state index in [-0.39, 0.29) is 5.82 Å². The van der Waals surface area contributed by atoms with Crippen LogP contribution in [0.3, 0.4) is 0 Å². The molecule has 0 aliphatic heterocycles. The summed E-state index contributed by atoms with van der Waals surface area (Å²) >= 11 is 9.25. The van der Waals surface area contributed by atoms with Crippen molar-refractivity contribution < 1.29 is 4.39 Å². The first-order chi connectivity index (χ1) is 7.58. The van der Waals surface area contributed by atoms with Gasteiger partial charge in [-0.3, -0.25) is 0 Å². The summed E-state index contributed by atoms with van der Waals surface area (Å²) in [4.78, 5) is 0. The summed E-state index contributed by atoms with van der Waals surface area (Å²) in [6.45, 7) is 1.96. The molecule has 0 aliphatic carbocycles. The maximum Gasteiger partial charge on any atom is 0.124 e. The second-order valence-corrected chi connectivity index (χ2v) is 4.61. The highest BCUT2D eigenvalue weighted by atomic mass is 79.9. The quantitative estimate of drug-likeness (QED) is 0.731. The van der Waals surface area contributed by atoms with Crippen LogP contribution in [-0.2, 0) is 0 Å². The van der Waals surface area contributed by atoms with Gasteiger partial charge in [-0.2, -0.15) is 5.26 Å². The standard InChI is InChI=1S/C12H10BrClFN/c1-2-3-8(7-16)12(14)9-4-10(13)6-11(15)5-9/h4-6H,2-3H2,1H3. The van der Waals surface area contributed by atoms with Gasteiger partial charge in [-0.05, 0) is 30.2 Å². The molecule has 0 radical (unpaired) electrons. The third-order valence-corrected chi connectivity index (χ3v) is 2.92. The van der Waals surface area contributed by atoms with Gasteiger partial charge in [0.05, 0.1) is 11.1 Å². The number of hydrogen-bond acceptors (Lipinski definition) is 1. The maximum absolute atomic E-state index is 13.1. The molecule has 0 N–H and O–H groups in total. The van der Waals surface area contributed by atoms with Crippen molar-refractivity contribution in [1.82, 2.24) is 0 Å². The molecule has 4 heteroatoms. The smallest absolute Gasteiger partial charge is 0.124 e. The zero-order chi connectivity index (χ0) is 12.1. The van der Waals surface area contributed by atoms with Gasteiger partial charge in [0, 0.05) is 10.0 Å². The summed E-state index contributed by atoms with van der Waals surface area (Å²) in [5.41, 5.74) is 1.01. The predicted molar refractivity (Wildman–Crippen MR) is 67.4 cm³/mol. The lowest BCUT2D eigenvalue weighted by molar-refractivity contribution is 0.626. The predicted octanol–water partition coefficient (Wildman–Crippen LogP) is 4.86. The Morgan fingerprint density at radius 1 is 1.50 bits per heavy atom. The first-order valence-corrected chi connectivity index (χ1v) is 6.00. The Morgan fingerprint density at radius 2 is 2.19 bits per heavy atom. The van der Waals surface area contributed by atoms with Crippen LogP contribution in [0.4, 0.5) is 4.39 Å². The van der Waals surface area contributed by atoms with Gasteiger partial charge >= 0.3 is 0 Å². The topological polar surface area (TPSA) is 23.8 Å². The molecule has 0 spiro atoms. The number of hydrogen-bond donors (Lipinski definition) is 0. The molecule has 16 heavy (non-hydrogen) atoms. The van der Waals surface area contributed by atoms with Crippen molar-refractivity contribution >= 4 is 32.6 Å². The Balaban J connectivity index is 3.22. The summed E-state index contributed by atoms with van der Waals surface area (Å²) < 4.78 is 13.8. The van der Waals surface area contributed by atoms with Gasteiger partial charge in [-0.1, -0.05) is 40.9 Å². The van der Waals surface area contributed by atoms with E-state index in [9.17, 15) is 4.39 Å². The number of allylic oxidation sites excluding steroid dienone is 1. The van der Waals surface area contributed by atoms with Crippen molar-refractivity contribution in [3.63, 3.8) is 0 Å². The lowest BCUT2D eigenvalue weighted by Crippen LogP contribution is -1.87. The van der Waals surface area contributed by atoms with Crippen molar-refractivity contribution in [3.8, 4) is 6.07 Å². The van der Waals surface area contributed by atoms with Crippen molar-refractivity contribution in [1.29, 1.82) is 5.26 Å². The Kier molecular flexibility index (Phi) is 4.98. The minimum atomic E-state index is -0.378. The first-order valence-electron chi connectivity index (χ1n) is 4.83. The highest BCUT2D eigenvalue weighted by Crippen LogP contribution is 2.28. The molecule has 0 atom stereocenters. The van der Waals surface area contributed by atoms with Crippen LogP contribution in [-0.4, -0.2) is 0 Å². The van der Waals surface area contributed by atoms with Crippen LogP contribution in [0.1, 0.15) is 25.3 Å². The lowest BCUT2D eigenvalue weighted by Gasteiger charge is -2.04. The van der Waals surface area contributed by atoms with E-state index >= 15 is 0 Å². The molecular formula is C12H10BrClFN. The molecule has 1 nitrogen and oxygen atoms in total. The average Bonchev–Trinajstić information content (AvgIpc) is 2.23. The maximum atomic E-state index is 13.1. The normalized spacial score (nSPS) is 11.9.